The Morgan fingerprint density at radius 1 is 0.903 bits per heavy atom. The summed E-state index contributed by atoms with van der Waals surface area (Å²) in [7, 11) is 1.26. The van der Waals surface area contributed by atoms with E-state index >= 15 is 0 Å². The van der Waals surface area contributed by atoms with Crippen molar-refractivity contribution in [2.75, 3.05) is 13.7 Å². The highest BCUT2D eigenvalue weighted by molar-refractivity contribution is 6.39. The summed E-state index contributed by atoms with van der Waals surface area (Å²) in [4.78, 5) is 40.0. The summed E-state index contributed by atoms with van der Waals surface area (Å²) >= 11 is 12.3. The molecule has 0 saturated carbocycles. The van der Waals surface area contributed by atoms with Crippen LogP contribution >= 0.6 is 23.2 Å². The topological polar surface area (TPSA) is 267 Å². The number of methoxy groups -OCH3 is 1. The van der Waals surface area contributed by atoms with Gasteiger partial charge in [-0.2, -0.15) is 0 Å². The first kappa shape index (κ1) is 60.7. The van der Waals surface area contributed by atoms with Crippen LogP contribution in [0.2, 0.25) is 10.0 Å². The third-order valence-corrected chi connectivity index (χ3v) is 13.8. The smallest absolute Gasteiger partial charge is 0.342 e. The summed E-state index contributed by atoms with van der Waals surface area (Å²) in [6, 6.07) is 0. The summed E-state index contributed by atoms with van der Waals surface area (Å²) < 4.78 is 47.5. The molecule has 0 bridgehead atoms. The first-order valence-corrected chi connectivity index (χ1v) is 24.9. The Kier molecular flexibility index (Phi) is 22.4. The maximum Gasteiger partial charge on any atom is 0.342 e. The number of hydrogen-bond donors (Lipinski definition) is 7. The van der Waals surface area contributed by atoms with Gasteiger partial charge in [-0.05, 0) is 90.5 Å². The minimum Gasteiger partial charge on any atom is -0.505 e. The maximum atomic E-state index is 13.9. The Morgan fingerprint density at radius 2 is 1.57 bits per heavy atom. The second kappa shape index (κ2) is 26.5. The van der Waals surface area contributed by atoms with E-state index < -0.39 is 144 Å². The highest BCUT2D eigenvalue weighted by Gasteiger charge is 2.53. The lowest BCUT2D eigenvalue weighted by Crippen LogP contribution is -2.64. The molecule has 0 spiro atoms. The van der Waals surface area contributed by atoms with Crippen LogP contribution < -0.4 is 0 Å². The van der Waals surface area contributed by atoms with Crippen molar-refractivity contribution in [3.8, 4) is 11.5 Å². The number of aliphatic hydroxyl groups is 5. The standard InChI is InChI=1S/C52H74Cl2O18/c1-13-30-22-26(6)33(56)18-16-15-17-31(23-66-51-45(65-12)42(61)44(29(9)67-51)69-49(64)35-32(14-2)36(53)39(58)37(54)38(35)57)48(63)68-34(28(8)55)20-19-25(5)21-27(7)43(30)70-50-41(60)40(59)46(52(10,11)72-50)71-47(62)24(3)4/h15-17,19,21-22,24,28-30,33-34,40-46,50-51,55-61H,13-14,18,20,23H2,1-12H3/t28-,29+,30+,33+,34?,40-,41+,42-,43?,44+,45-,46?,50-,51+/m1/s1. The van der Waals surface area contributed by atoms with Crippen LogP contribution in [0.5, 0.6) is 11.5 Å². The van der Waals surface area contributed by atoms with E-state index in [0.717, 1.165) is 0 Å². The van der Waals surface area contributed by atoms with Crippen molar-refractivity contribution in [3.05, 3.63) is 79.9 Å². The quantitative estimate of drug-likeness (QED) is 0.0655. The van der Waals surface area contributed by atoms with Crippen molar-refractivity contribution in [3.63, 3.8) is 0 Å². The SMILES string of the molecule is CCc1c(Cl)c(O)c(Cl)c(O)c1C(=O)O[C@@H]1[C@@H](O)[C@@H](OC)[C@@H](OCC2=CC=CC[C@H](O)C(C)=C[C@H](CC)C(O[C@@H]3OC(C)(C)C(OC(=O)C(C)C)[C@H](O)[C@@H]3O)C(C)=CC(C)=CCC([C@@H](C)O)OC2=O)O[C@H]1C. The molecule has 14 atom stereocenters. The number of allylic oxidation sites excluding steroid dienone is 4. The van der Waals surface area contributed by atoms with Gasteiger partial charge in [-0.25, -0.2) is 9.59 Å². The molecule has 20 heteroatoms. The number of ether oxygens (including phenoxy) is 8. The highest BCUT2D eigenvalue weighted by atomic mass is 35.5. The lowest BCUT2D eigenvalue weighted by Gasteiger charge is -2.47. The number of rotatable bonds is 13. The van der Waals surface area contributed by atoms with E-state index in [1.54, 1.807) is 53.7 Å². The van der Waals surface area contributed by atoms with Gasteiger partial charge in [0.15, 0.2) is 36.3 Å². The van der Waals surface area contributed by atoms with Gasteiger partial charge in [0, 0.05) is 19.4 Å². The molecular weight excluding hydrogens is 983 g/mol. The minimum atomic E-state index is -1.61. The molecule has 0 aromatic heterocycles. The number of halogens is 2. The van der Waals surface area contributed by atoms with Crippen LogP contribution in [0.1, 0.15) is 111 Å². The number of phenolic OH excluding ortho intramolecular Hbond substituents is 2. The maximum absolute atomic E-state index is 13.9. The average Bonchev–Trinajstić information content (AvgIpc) is 3.32. The number of esters is 3. The van der Waals surface area contributed by atoms with Crippen LogP contribution in [0.4, 0.5) is 0 Å². The molecular formula is C52H74Cl2O18. The fourth-order valence-corrected chi connectivity index (χ4v) is 9.16. The van der Waals surface area contributed by atoms with Gasteiger partial charge in [0.2, 0.25) is 0 Å². The van der Waals surface area contributed by atoms with Crippen LogP contribution in [-0.2, 0) is 53.9 Å². The normalized spacial score (nSPS) is 31.5. The van der Waals surface area contributed by atoms with Crippen molar-refractivity contribution >= 4 is 41.1 Å². The van der Waals surface area contributed by atoms with Crippen LogP contribution in [-0.4, -0.2) is 153 Å². The van der Waals surface area contributed by atoms with E-state index in [-0.39, 0.29) is 35.4 Å². The molecule has 18 nitrogen and oxygen atoms in total. The number of cyclic esters (lactones) is 1. The third kappa shape index (κ3) is 14.7. The number of hydrogen-bond acceptors (Lipinski definition) is 18. The van der Waals surface area contributed by atoms with Crippen molar-refractivity contribution in [2.24, 2.45) is 11.8 Å². The van der Waals surface area contributed by atoms with Crippen LogP contribution in [0.3, 0.4) is 0 Å². The van der Waals surface area contributed by atoms with E-state index in [4.69, 9.17) is 61.1 Å². The number of carbonyl (C=O) groups excluding carboxylic acids is 3. The molecule has 1 aromatic rings. The third-order valence-electron chi connectivity index (χ3n) is 13.0. The Hall–Kier alpha value is -3.89. The Bertz CT molecular complexity index is 2220. The number of aromatic hydroxyl groups is 2. The average molecular weight is 1060 g/mol. The molecule has 404 valence electrons. The van der Waals surface area contributed by atoms with Crippen molar-refractivity contribution in [2.45, 2.75) is 187 Å². The van der Waals surface area contributed by atoms with Gasteiger partial charge in [0.25, 0.3) is 0 Å². The number of carbonyl (C=O) groups is 3. The van der Waals surface area contributed by atoms with E-state index in [1.165, 1.54) is 33.1 Å². The first-order chi connectivity index (χ1) is 33.7. The molecule has 72 heavy (non-hydrogen) atoms. The lowest BCUT2D eigenvalue weighted by molar-refractivity contribution is -0.333. The summed E-state index contributed by atoms with van der Waals surface area (Å²) in [6.07, 6.45) is -5.45. The lowest BCUT2D eigenvalue weighted by atomic mass is 9.88. The van der Waals surface area contributed by atoms with Crippen LogP contribution in [0.25, 0.3) is 0 Å². The molecule has 2 saturated heterocycles. The second-order valence-corrected chi connectivity index (χ2v) is 20.1. The highest BCUT2D eigenvalue weighted by Crippen LogP contribution is 2.45. The van der Waals surface area contributed by atoms with Crippen LogP contribution in [0.15, 0.2) is 58.7 Å². The largest absolute Gasteiger partial charge is 0.505 e. The molecule has 3 aliphatic heterocycles. The number of phenols is 2. The molecule has 3 aliphatic rings. The zero-order valence-corrected chi connectivity index (χ0v) is 44.5. The Morgan fingerprint density at radius 3 is 2.17 bits per heavy atom. The Labute approximate surface area is 431 Å². The molecule has 2 fully saturated rings. The summed E-state index contributed by atoms with van der Waals surface area (Å²) in [5.41, 5.74) is 0.318. The van der Waals surface area contributed by atoms with E-state index in [0.29, 0.717) is 23.1 Å². The van der Waals surface area contributed by atoms with E-state index in [2.05, 4.69) is 0 Å². The minimum absolute atomic E-state index is 0.0372. The van der Waals surface area contributed by atoms with Gasteiger partial charge in [-0.15, -0.1) is 0 Å². The molecule has 7 N–H and O–H groups in total. The molecule has 3 unspecified atom stereocenters. The van der Waals surface area contributed by atoms with Gasteiger partial charge in [-0.3, -0.25) is 4.79 Å². The summed E-state index contributed by atoms with van der Waals surface area (Å²) in [6.45, 7) is 18.1. The monoisotopic (exact) mass is 1060 g/mol. The Balaban J connectivity index is 1.61. The second-order valence-electron chi connectivity index (χ2n) is 19.4. The van der Waals surface area contributed by atoms with Gasteiger partial charge in [0.05, 0.1) is 47.5 Å². The van der Waals surface area contributed by atoms with Gasteiger partial charge < -0.3 is 73.6 Å². The molecule has 0 radical (unpaired) electrons. The molecule has 4 rings (SSSR count). The van der Waals surface area contributed by atoms with Crippen molar-refractivity contribution in [1.29, 1.82) is 0 Å². The summed E-state index contributed by atoms with van der Waals surface area (Å²) in [5, 5.41) is 76.5. The fraction of sp³-hybridized carbons (Fsp3) is 0.635. The molecule has 3 heterocycles. The first-order valence-electron chi connectivity index (χ1n) is 24.2. The molecule has 1 aromatic carbocycles. The van der Waals surface area contributed by atoms with E-state index in [1.807, 2.05) is 32.9 Å². The summed E-state index contributed by atoms with van der Waals surface area (Å²) in [5.74, 6) is -4.78. The molecule has 0 aliphatic carbocycles. The fourth-order valence-electron chi connectivity index (χ4n) is 8.60. The van der Waals surface area contributed by atoms with Crippen molar-refractivity contribution in [1.82, 2.24) is 0 Å². The van der Waals surface area contributed by atoms with E-state index in [9.17, 15) is 50.1 Å². The van der Waals surface area contributed by atoms with Gasteiger partial charge in [-0.1, -0.05) is 86.9 Å². The zero-order valence-electron chi connectivity index (χ0n) is 43.0. The van der Waals surface area contributed by atoms with Crippen molar-refractivity contribution < 1.29 is 88.0 Å². The van der Waals surface area contributed by atoms with Crippen LogP contribution in [0, 0.1) is 11.8 Å². The number of aliphatic hydroxyl groups excluding tert-OH is 5. The van der Waals surface area contributed by atoms with Gasteiger partial charge >= 0.3 is 17.9 Å². The number of benzene rings is 1. The van der Waals surface area contributed by atoms with Gasteiger partial charge in [0.1, 0.15) is 46.7 Å². The predicted molar refractivity (Wildman–Crippen MR) is 265 cm³/mol. The zero-order chi connectivity index (χ0) is 54.1. The predicted octanol–water partition coefficient (Wildman–Crippen LogP) is 6.23. The molecule has 0 amide bonds.